The van der Waals surface area contributed by atoms with Crippen molar-refractivity contribution in [2.24, 2.45) is 5.73 Å². The van der Waals surface area contributed by atoms with E-state index in [1.165, 1.54) is 11.1 Å². The van der Waals surface area contributed by atoms with Crippen LogP contribution in [0, 0.1) is 0 Å². The number of H-pyrrole nitrogens is 1. The van der Waals surface area contributed by atoms with Gasteiger partial charge in [0.15, 0.2) is 5.69 Å². The molecule has 0 bridgehead atoms. The quantitative estimate of drug-likeness (QED) is 0.602. The fourth-order valence-corrected chi connectivity index (χ4v) is 2.09. The van der Waals surface area contributed by atoms with Gasteiger partial charge in [0, 0.05) is 12.6 Å². The minimum Gasteiger partial charge on any atom is -0.368 e. The van der Waals surface area contributed by atoms with Gasteiger partial charge in [-0.2, -0.15) is 15.4 Å². The second kappa shape index (κ2) is 5.58. The maximum atomic E-state index is 12.2. The Morgan fingerprint density at radius 1 is 1.56 bits per heavy atom. The van der Waals surface area contributed by atoms with E-state index in [0.717, 1.165) is 19.4 Å². The van der Waals surface area contributed by atoms with Crippen LogP contribution in [0.4, 0.5) is 0 Å². The molecule has 0 radical (unpaired) electrons. The summed E-state index contributed by atoms with van der Waals surface area (Å²) in [6.07, 6.45) is 3.16. The number of nitrogens with two attached hydrogens (primary N) is 1. The minimum atomic E-state index is -0.530. The fourth-order valence-electron chi connectivity index (χ4n) is 2.09. The second-order valence-electron chi connectivity index (χ2n) is 4.25. The zero-order valence-electron chi connectivity index (χ0n) is 9.93. The number of rotatable bonds is 4. The molecule has 0 aliphatic carbocycles. The monoisotopic (exact) mass is 252 g/mol. The highest BCUT2D eigenvalue weighted by molar-refractivity contribution is 5.94. The molecule has 1 saturated heterocycles. The predicted molar refractivity (Wildman–Crippen MR) is 62.5 cm³/mol. The Balaban J connectivity index is 2.13. The van der Waals surface area contributed by atoms with Crippen molar-refractivity contribution >= 4 is 11.8 Å². The number of carbonyl (C=O) groups is 2. The summed E-state index contributed by atoms with van der Waals surface area (Å²) in [7, 11) is 0. The highest BCUT2D eigenvalue weighted by Gasteiger charge is 2.28. The first-order valence-corrected chi connectivity index (χ1v) is 5.84. The molecule has 1 aliphatic rings. The van der Waals surface area contributed by atoms with E-state index in [9.17, 15) is 9.59 Å². The van der Waals surface area contributed by atoms with E-state index in [2.05, 4.69) is 20.7 Å². The number of aromatic amines is 1. The lowest BCUT2D eigenvalue weighted by Gasteiger charge is -2.33. The van der Waals surface area contributed by atoms with Gasteiger partial charge >= 0.3 is 0 Å². The molecule has 0 aromatic carbocycles. The number of aromatic nitrogens is 3. The van der Waals surface area contributed by atoms with Crippen molar-refractivity contribution in [2.45, 2.75) is 18.9 Å². The lowest BCUT2D eigenvalue weighted by Crippen LogP contribution is -2.51. The van der Waals surface area contributed by atoms with Gasteiger partial charge in [0.1, 0.15) is 6.54 Å². The molecule has 1 aromatic rings. The highest BCUT2D eigenvalue weighted by Crippen LogP contribution is 2.12. The minimum absolute atomic E-state index is 0.0320. The Kier molecular flexibility index (Phi) is 3.88. The molecule has 1 atom stereocenters. The number of carbonyl (C=O) groups excluding carboxylic acids is 2. The molecule has 1 fully saturated rings. The summed E-state index contributed by atoms with van der Waals surface area (Å²) in [6.45, 7) is 1.49. The standard InChI is InChI=1S/C10H16N6O2/c11-9(17)6-16(7-2-1-3-12-4-7)10(18)8-5-13-15-14-8/h5,7,12H,1-4,6H2,(H2,11,17)(H,13,14,15). The zero-order valence-corrected chi connectivity index (χ0v) is 9.93. The predicted octanol–water partition coefficient (Wildman–Crippen LogP) is -1.52. The van der Waals surface area contributed by atoms with E-state index in [4.69, 9.17) is 5.73 Å². The number of nitrogens with zero attached hydrogens (tertiary/aromatic N) is 3. The van der Waals surface area contributed by atoms with Gasteiger partial charge in [-0.1, -0.05) is 0 Å². The van der Waals surface area contributed by atoms with Gasteiger partial charge in [-0.05, 0) is 19.4 Å². The number of amides is 2. The van der Waals surface area contributed by atoms with E-state index < -0.39 is 5.91 Å². The second-order valence-corrected chi connectivity index (χ2v) is 4.25. The molecular formula is C10H16N6O2. The van der Waals surface area contributed by atoms with Gasteiger partial charge in [0.25, 0.3) is 5.91 Å². The first-order chi connectivity index (χ1) is 8.68. The highest BCUT2D eigenvalue weighted by atomic mass is 16.2. The third-order valence-electron chi connectivity index (χ3n) is 2.93. The van der Waals surface area contributed by atoms with Crippen molar-refractivity contribution in [2.75, 3.05) is 19.6 Å². The van der Waals surface area contributed by atoms with Gasteiger partial charge < -0.3 is 16.0 Å². The summed E-state index contributed by atoms with van der Waals surface area (Å²) in [5, 5.41) is 12.9. The van der Waals surface area contributed by atoms with Crippen molar-refractivity contribution in [3.63, 3.8) is 0 Å². The molecule has 1 unspecified atom stereocenters. The maximum Gasteiger partial charge on any atom is 0.276 e. The zero-order chi connectivity index (χ0) is 13.0. The van der Waals surface area contributed by atoms with E-state index >= 15 is 0 Å². The largest absolute Gasteiger partial charge is 0.368 e. The van der Waals surface area contributed by atoms with Gasteiger partial charge in [-0.15, -0.1) is 0 Å². The maximum absolute atomic E-state index is 12.2. The Bertz CT molecular complexity index is 412. The molecule has 0 saturated carbocycles. The first-order valence-electron chi connectivity index (χ1n) is 5.84. The Morgan fingerprint density at radius 2 is 2.39 bits per heavy atom. The molecule has 8 nitrogen and oxygen atoms in total. The number of piperidine rings is 1. The van der Waals surface area contributed by atoms with Crippen LogP contribution < -0.4 is 11.1 Å². The van der Waals surface area contributed by atoms with Crippen LogP contribution in [-0.4, -0.2) is 57.8 Å². The van der Waals surface area contributed by atoms with Crippen LogP contribution in [0.3, 0.4) is 0 Å². The molecule has 1 aliphatic heterocycles. The number of nitrogens with one attached hydrogen (secondary N) is 2. The van der Waals surface area contributed by atoms with Gasteiger partial charge in [-0.3, -0.25) is 9.59 Å². The van der Waals surface area contributed by atoms with E-state index in [0.29, 0.717) is 6.54 Å². The van der Waals surface area contributed by atoms with Crippen molar-refractivity contribution < 1.29 is 9.59 Å². The van der Waals surface area contributed by atoms with Gasteiger partial charge in [0.05, 0.1) is 6.20 Å². The first kappa shape index (κ1) is 12.5. The van der Waals surface area contributed by atoms with Crippen molar-refractivity contribution in [3.8, 4) is 0 Å². The van der Waals surface area contributed by atoms with Crippen molar-refractivity contribution in [1.29, 1.82) is 0 Å². The summed E-state index contributed by atoms with van der Waals surface area (Å²) in [4.78, 5) is 24.8. The van der Waals surface area contributed by atoms with Crippen LogP contribution >= 0.6 is 0 Å². The van der Waals surface area contributed by atoms with Crippen molar-refractivity contribution in [1.82, 2.24) is 25.6 Å². The Labute approximate surface area is 104 Å². The van der Waals surface area contributed by atoms with Crippen molar-refractivity contribution in [3.05, 3.63) is 11.9 Å². The average Bonchev–Trinajstić information content (AvgIpc) is 2.90. The van der Waals surface area contributed by atoms with E-state index in [1.807, 2.05) is 0 Å². The third-order valence-corrected chi connectivity index (χ3v) is 2.93. The van der Waals surface area contributed by atoms with Crippen LogP contribution in [0.1, 0.15) is 23.3 Å². The summed E-state index contributed by atoms with van der Waals surface area (Å²) in [6, 6.07) is -0.0320. The third kappa shape index (κ3) is 2.83. The fraction of sp³-hybridized carbons (Fsp3) is 0.600. The van der Waals surface area contributed by atoms with Crippen LogP contribution in [0.25, 0.3) is 0 Å². The lowest BCUT2D eigenvalue weighted by molar-refractivity contribution is -0.119. The van der Waals surface area contributed by atoms with Gasteiger partial charge in [0.2, 0.25) is 5.91 Å². The van der Waals surface area contributed by atoms with E-state index in [1.54, 1.807) is 0 Å². The molecule has 18 heavy (non-hydrogen) atoms. The van der Waals surface area contributed by atoms with Gasteiger partial charge in [-0.25, -0.2) is 0 Å². The number of hydrogen-bond donors (Lipinski definition) is 3. The molecule has 98 valence electrons. The molecule has 2 heterocycles. The topological polar surface area (TPSA) is 117 Å². The Hall–Kier alpha value is -1.96. The molecule has 8 heteroatoms. The normalized spacial score (nSPS) is 19.4. The van der Waals surface area contributed by atoms with Crippen LogP contribution in [0.5, 0.6) is 0 Å². The summed E-state index contributed by atoms with van der Waals surface area (Å²) in [5.41, 5.74) is 5.39. The van der Waals surface area contributed by atoms with Crippen LogP contribution in [0.2, 0.25) is 0 Å². The van der Waals surface area contributed by atoms with Crippen LogP contribution in [0.15, 0.2) is 6.20 Å². The Morgan fingerprint density at radius 3 is 2.94 bits per heavy atom. The molecule has 0 spiro atoms. The molecule has 4 N–H and O–H groups in total. The lowest BCUT2D eigenvalue weighted by atomic mass is 10.1. The average molecular weight is 252 g/mol. The summed E-state index contributed by atoms with van der Waals surface area (Å²) < 4.78 is 0. The number of primary amides is 1. The summed E-state index contributed by atoms with van der Waals surface area (Å²) in [5.74, 6) is -0.853. The van der Waals surface area contributed by atoms with Crippen LogP contribution in [-0.2, 0) is 4.79 Å². The number of hydrogen-bond acceptors (Lipinski definition) is 5. The van der Waals surface area contributed by atoms with E-state index in [-0.39, 0.29) is 24.2 Å². The summed E-state index contributed by atoms with van der Waals surface area (Å²) >= 11 is 0. The smallest absolute Gasteiger partial charge is 0.276 e. The molecule has 2 rings (SSSR count). The molecule has 1 aromatic heterocycles. The molecule has 2 amide bonds. The SMILES string of the molecule is NC(=O)CN(C(=O)c1cn[nH]n1)C1CCCNC1. The molecular weight excluding hydrogens is 236 g/mol.